The Morgan fingerprint density at radius 3 is 3.16 bits per heavy atom. The van der Waals surface area contributed by atoms with Crippen LogP contribution in [0.5, 0.6) is 0 Å². The Kier molecular flexibility index (Phi) is 3.91. The van der Waals surface area contributed by atoms with Gasteiger partial charge in [0.1, 0.15) is 6.04 Å². The summed E-state index contributed by atoms with van der Waals surface area (Å²) >= 11 is 3.45. The van der Waals surface area contributed by atoms with Crippen molar-refractivity contribution in [2.45, 2.75) is 12.5 Å². The SMILES string of the molecule is Brc1cccc(Cc2noc(C3COCCN3)n2)c1. The third-order valence-electron chi connectivity index (χ3n) is 2.95. The summed E-state index contributed by atoms with van der Waals surface area (Å²) in [6, 6.07) is 8.10. The molecule has 19 heavy (non-hydrogen) atoms. The molecule has 0 bridgehead atoms. The summed E-state index contributed by atoms with van der Waals surface area (Å²) in [7, 11) is 0. The van der Waals surface area contributed by atoms with E-state index in [1.807, 2.05) is 18.2 Å². The van der Waals surface area contributed by atoms with Gasteiger partial charge in [0.05, 0.1) is 13.2 Å². The molecular weight excluding hydrogens is 310 g/mol. The van der Waals surface area contributed by atoms with Gasteiger partial charge in [-0.25, -0.2) is 0 Å². The second-order valence-electron chi connectivity index (χ2n) is 4.44. The quantitative estimate of drug-likeness (QED) is 0.937. The first-order valence-corrected chi connectivity index (χ1v) is 6.98. The highest BCUT2D eigenvalue weighted by molar-refractivity contribution is 9.10. The van der Waals surface area contributed by atoms with Gasteiger partial charge in [-0.2, -0.15) is 4.98 Å². The smallest absolute Gasteiger partial charge is 0.246 e. The van der Waals surface area contributed by atoms with E-state index >= 15 is 0 Å². The van der Waals surface area contributed by atoms with Gasteiger partial charge in [-0.3, -0.25) is 0 Å². The molecule has 1 N–H and O–H groups in total. The third kappa shape index (κ3) is 3.20. The molecule has 1 unspecified atom stereocenters. The topological polar surface area (TPSA) is 60.2 Å². The van der Waals surface area contributed by atoms with Crippen molar-refractivity contribution in [3.63, 3.8) is 0 Å². The van der Waals surface area contributed by atoms with E-state index in [2.05, 4.69) is 37.5 Å². The van der Waals surface area contributed by atoms with Crippen LogP contribution in [-0.4, -0.2) is 29.9 Å². The summed E-state index contributed by atoms with van der Waals surface area (Å²) in [5, 5.41) is 7.31. The molecule has 1 atom stereocenters. The first kappa shape index (κ1) is 12.8. The number of aromatic nitrogens is 2. The predicted octanol–water partition coefficient (Wildman–Crippen LogP) is 2.08. The van der Waals surface area contributed by atoms with Crippen LogP contribution < -0.4 is 5.32 Å². The van der Waals surface area contributed by atoms with E-state index in [4.69, 9.17) is 9.26 Å². The summed E-state index contributed by atoms with van der Waals surface area (Å²) in [6.07, 6.45) is 0.663. The Balaban J connectivity index is 1.70. The highest BCUT2D eigenvalue weighted by Crippen LogP contribution is 2.17. The van der Waals surface area contributed by atoms with Crippen LogP contribution in [0, 0.1) is 0 Å². The van der Waals surface area contributed by atoms with Gasteiger partial charge >= 0.3 is 0 Å². The number of ether oxygens (including phenoxy) is 1. The van der Waals surface area contributed by atoms with E-state index in [0.717, 1.165) is 23.2 Å². The lowest BCUT2D eigenvalue weighted by molar-refractivity contribution is 0.0659. The average Bonchev–Trinajstić information content (AvgIpc) is 2.88. The molecule has 0 aliphatic carbocycles. The molecule has 1 aromatic heterocycles. The Hall–Kier alpha value is -1.24. The van der Waals surface area contributed by atoms with Crippen molar-refractivity contribution in [3.8, 4) is 0 Å². The van der Waals surface area contributed by atoms with Crippen molar-refractivity contribution in [2.24, 2.45) is 0 Å². The highest BCUT2D eigenvalue weighted by Gasteiger charge is 2.21. The standard InChI is InChI=1S/C13H14BrN3O2/c14-10-3-1-2-9(6-10)7-12-16-13(19-17-12)11-8-18-5-4-15-11/h1-3,6,11,15H,4-5,7-8H2. The molecule has 1 aromatic carbocycles. The Morgan fingerprint density at radius 1 is 1.42 bits per heavy atom. The molecule has 0 amide bonds. The Bertz CT molecular complexity index is 552. The van der Waals surface area contributed by atoms with Gasteiger partial charge in [0.2, 0.25) is 5.89 Å². The molecular formula is C13H14BrN3O2. The highest BCUT2D eigenvalue weighted by atomic mass is 79.9. The van der Waals surface area contributed by atoms with Gasteiger partial charge in [0, 0.05) is 17.4 Å². The van der Waals surface area contributed by atoms with Crippen molar-refractivity contribution in [1.29, 1.82) is 0 Å². The van der Waals surface area contributed by atoms with Gasteiger partial charge in [0.15, 0.2) is 5.82 Å². The fraction of sp³-hybridized carbons (Fsp3) is 0.385. The number of morpholine rings is 1. The van der Waals surface area contributed by atoms with Crippen molar-refractivity contribution < 1.29 is 9.26 Å². The fourth-order valence-corrected chi connectivity index (χ4v) is 2.48. The summed E-state index contributed by atoms with van der Waals surface area (Å²) in [5.41, 5.74) is 1.15. The van der Waals surface area contributed by atoms with E-state index in [9.17, 15) is 0 Å². The molecule has 2 aromatic rings. The van der Waals surface area contributed by atoms with E-state index < -0.39 is 0 Å². The summed E-state index contributed by atoms with van der Waals surface area (Å²) in [6.45, 7) is 2.13. The molecule has 1 fully saturated rings. The zero-order valence-electron chi connectivity index (χ0n) is 10.3. The van der Waals surface area contributed by atoms with Crippen molar-refractivity contribution in [3.05, 3.63) is 46.0 Å². The normalized spacial score (nSPS) is 19.5. The maximum Gasteiger partial charge on any atom is 0.246 e. The largest absolute Gasteiger partial charge is 0.378 e. The molecule has 0 radical (unpaired) electrons. The van der Waals surface area contributed by atoms with E-state index in [0.29, 0.717) is 24.7 Å². The lowest BCUT2D eigenvalue weighted by atomic mass is 10.1. The fourth-order valence-electron chi connectivity index (χ4n) is 2.03. The van der Waals surface area contributed by atoms with Crippen LogP contribution in [0.1, 0.15) is 23.3 Å². The molecule has 1 aliphatic heterocycles. The van der Waals surface area contributed by atoms with Gasteiger partial charge in [-0.15, -0.1) is 0 Å². The molecule has 3 rings (SSSR count). The second-order valence-corrected chi connectivity index (χ2v) is 5.35. The van der Waals surface area contributed by atoms with Crippen LogP contribution in [-0.2, 0) is 11.2 Å². The minimum Gasteiger partial charge on any atom is -0.378 e. The number of rotatable bonds is 3. The van der Waals surface area contributed by atoms with Gasteiger partial charge in [-0.1, -0.05) is 33.2 Å². The molecule has 1 aliphatic rings. The molecule has 100 valence electrons. The van der Waals surface area contributed by atoms with Crippen LogP contribution in [0.3, 0.4) is 0 Å². The number of hydrogen-bond acceptors (Lipinski definition) is 5. The Labute approximate surface area is 119 Å². The van der Waals surface area contributed by atoms with Gasteiger partial charge in [-0.05, 0) is 17.7 Å². The minimum absolute atomic E-state index is 0.0116. The molecule has 0 spiro atoms. The molecule has 1 saturated heterocycles. The van der Waals surface area contributed by atoms with Crippen LogP contribution >= 0.6 is 15.9 Å². The number of nitrogens with zero attached hydrogens (tertiary/aromatic N) is 2. The zero-order chi connectivity index (χ0) is 13.1. The lowest BCUT2D eigenvalue weighted by Crippen LogP contribution is -2.34. The Morgan fingerprint density at radius 2 is 2.37 bits per heavy atom. The van der Waals surface area contributed by atoms with Gasteiger partial charge in [0.25, 0.3) is 0 Å². The van der Waals surface area contributed by atoms with E-state index in [-0.39, 0.29) is 6.04 Å². The number of hydrogen-bond donors (Lipinski definition) is 1. The van der Waals surface area contributed by atoms with Crippen molar-refractivity contribution >= 4 is 15.9 Å². The predicted molar refractivity (Wildman–Crippen MR) is 72.8 cm³/mol. The number of nitrogens with one attached hydrogen (secondary N) is 1. The maximum atomic E-state index is 5.38. The summed E-state index contributed by atoms with van der Waals surface area (Å²) in [4.78, 5) is 4.42. The lowest BCUT2D eigenvalue weighted by Gasteiger charge is -2.20. The van der Waals surface area contributed by atoms with Crippen LogP contribution in [0.15, 0.2) is 33.3 Å². The monoisotopic (exact) mass is 323 g/mol. The van der Waals surface area contributed by atoms with Crippen LogP contribution in [0.25, 0.3) is 0 Å². The molecule has 2 heterocycles. The summed E-state index contributed by atoms with van der Waals surface area (Å²) in [5.74, 6) is 1.30. The minimum atomic E-state index is 0.0116. The van der Waals surface area contributed by atoms with Crippen LogP contribution in [0.4, 0.5) is 0 Å². The van der Waals surface area contributed by atoms with Crippen LogP contribution in [0.2, 0.25) is 0 Å². The number of benzene rings is 1. The molecule has 6 heteroatoms. The van der Waals surface area contributed by atoms with E-state index in [1.165, 1.54) is 0 Å². The second kappa shape index (κ2) is 5.81. The first-order valence-electron chi connectivity index (χ1n) is 6.19. The zero-order valence-corrected chi connectivity index (χ0v) is 11.9. The first-order chi connectivity index (χ1) is 9.31. The average molecular weight is 324 g/mol. The summed E-state index contributed by atoms with van der Waals surface area (Å²) < 4.78 is 11.7. The van der Waals surface area contributed by atoms with Crippen molar-refractivity contribution in [2.75, 3.05) is 19.8 Å². The third-order valence-corrected chi connectivity index (χ3v) is 3.45. The molecule has 5 nitrogen and oxygen atoms in total. The van der Waals surface area contributed by atoms with E-state index in [1.54, 1.807) is 0 Å². The van der Waals surface area contributed by atoms with Crippen molar-refractivity contribution in [1.82, 2.24) is 15.5 Å². The van der Waals surface area contributed by atoms with Gasteiger partial charge < -0.3 is 14.6 Å². The molecule has 0 saturated carbocycles. The maximum absolute atomic E-state index is 5.38. The number of halogens is 1.